The Morgan fingerprint density at radius 3 is 2.62 bits per heavy atom. The second-order valence-corrected chi connectivity index (χ2v) is 5.37. The van der Waals surface area contributed by atoms with E-state index in [0.717, 1.165) is 4.57 Å². The summed E-state index contributed by atoms with van der Waals surface area (Å²) in [5.41, 5.74) is -1.28. The minimum absolute atomic E-state index is 0.380. The molecule has 1 aliphatic rings. The van der Waals surface area contributed by atoms with Crippen LogP contribution in [-0.2, 0) is 9.53 Å². The van der Waals surface area contributed by atoms with Gasteiger partial charge in [-0.3, -0.25) is 4.79 Å². The number of nitrogens with one attached hydrogen (secondary N) is 1. The lowest BCUT2D eigenvalue weighted by Crippen LogP contribution is -2.28. The number of benzene rings is 1. The molecule has 110 valence electrons. The van der Waals surface area contributed by atoms with E-state index >= 15 is 0 Å². The maximum Gasteiger partial charge on any atom is 0.351 e. The first kappa shape index (κ1) is 13.4. The third kappa shape index (κ3) is 1.93. The quantitative estimate of drug-likeness (QED) is 0.831. The van der Waals surface area contributed by atoms with Gasteiger partial charge in [0.25, 0.3) is 0 Å². The van der Waals surface area contributed by atoms with Gasteiger partial charge < -0.3 is 4.74 Å². The number of rotatable bonds is 3. The zero-order chi connectivity index (χ0) is 15.2. The van der Waals surface area contributed by atoms with Gasteiger partial charge in [0.1, 0.15) is 0 Å². The highest BCUT2D eigenvalue weighted by Gasteiger charge is 2.59. The highest BCUT2D eigenvalue weighted by molar-refractivity contribution is 5.80. The summed E-state index contributed by atoms with van der Waals surface area (Å²) >= 11 is 0. The molecule has 2 atom stereocenters. The summed E-state index contributed by atoms with van der Waals surface area (Å²) < 4.78 is 7.00. The molecular weight excluding hydrogens is 274 g/mol. The molecule has 0 bridgehead atoms. The number of aromatic amines is 1. The average Bonchev–Trinajstić information content (AvgIpc) is 3.09. The van der Waals surface area contributed by atoms with E-state index < -0.39 is 16.8 Å². The van der Waals surface area contributed by atoms with Gasteiger partial charge in [-0.25, -0.2) is 23.9 Å². The van der Waals surface area contributed by atoms with Crippen LogP contribution < -0.4 is 11.4 Å². The smallest absolute Gasteiger partial charge is 0.351 e. The maximum absolute atomic E-state index is 12.4. The molecule has 1 saturated carbocycles. The first-order valence-electron chi connectivity index (χ1n) is 6.56. The summed E-state index contributed by atoms with van der Waals surface area (Å²) in [7, 11) is 1.31. The third-order valence-electron chi connectivity index (χ3n) is 3.99. The SMILES string of the molecule is COC(=O)C1(C)CC1n1[nH]c(=O)n(-c2ccccc2)c1=O. The lowest BCUT2D eigenvalue weighted by molar-refractivity contribution is -0.146. The molecule has 3 rings (SSSR count). The molecule has 0 radical (unpaired) electrons. The van der Waals surface area contributed by atoms with E-state index in [0.29, 0.717) is 12.1 Å². The molecule has 0 aliphatic heterocycles. The number of para-hydroxylation sites is 1. The predicted octanol–water partition coefficient (Wildman–Crippen LogP) is 0.451. The Bertz CT molecular complexity index is 802. The van der Waals surface area contributed by atoms with Crippen LogP contribution in [0.1, 0.15) is 19.4 Å². The van der Waals surface area contributed by atoms with Crippen LogP contribution in [0.5, 0.6) is 0 Å². The predicted molar refractivity (Wildman–Crippen MR) is 74.4 cm³/mol. The number of carbonyl (C=O) groups excluding carboxylic acids is 1. The van der Waals surface area contributed by atoms with Crippen molar-refractivity contribution < 1.29 is 9.53 Å². The van der Waals surface area contributed by atoms with Crippen molar-refractivity contribution in [1.82, 2.24) is 14.3 Å². The van der Waals surface area contributed by atoms with Crippen LogP contribution in [0.25, 0.3) is 5.69 Å². The number of hydrogen-bond acceptors (Lipinski definition) is 4. The minimum atomic E-state index is -0.760. The Morgan fingerprint density at radius 2 is 2.00 bits per heavy atom. The second kappa shape index (κ2) is 4.47. The molecular formula is C14H15N3O4. The van der Waals surface area contributed by atoms with Crippen molar-refractivity contribution >= 4 is 5.97 Å². The number of esters is 1. The van der Waals surface area contributed by atoms with E-state index in [1.165, 1.54) is 11.8 Å². The number of aromatic nitrogens is 3. The van der Waals surface area contributed by atoms with Gasteiger partial charge in [-0.15, -0.1) is 0 Å². The zero-order valence-electron chi connectivity index (χ0n) is 11.7. The molecule has 0 saturated heterocycles. The molecule has 7 heteroatoms. The lowest BCUT2D eigenvalue weighted by atomic mass is 10.1. The fraction of sp³-hybridized carbons (Fsp3) is 0.357. The van der Waals surface area contributed by atoms with Gasteiger partial charge in [-0.1, -0.05) is 18.2 Å². The molecule has 1 N–H and O–H groups in total. The van der Waals surface area contributed by atoms with Gasteiger partial charge in [0.2, 0.25) is 0 Å². The van der Waals surface area contributed by atoms with E-state index in [1.807, 2.05) is 0 Å². The van der Waals surface area contributed by atoms with Crippen LogP contribution in [0.2, 0.25) is 0 Å². The number of H-pyrrole nitrogens is 1. The molecule has 2 unspecified atom stereocenters. The molecule has 7 nitrogen and oxygen atoms in total. The number of methoxy groups -OCH3 is 1. The third-order valence-corrected chi connectivity index (χ3v) is 3.99. The van der Waals surface area contributed by atoms with Gasteiger partial charge in [0.15, 0.2) is 0 Å². The van der Waals surface area contributed by atoms with Gasteiger partial charge in [0.05, 0.1) is 24.3 Å². The Hall–Kier alpha value is -2.57. The summed E-state index contributed by atoms with van der Waals surface area (Å²) in [6.45, 7) is 1.72. The van der Waals surface area contributed by atoms with Gasteiger partial charge in [0, 0.05) is 0 Å². The van der Waals surface area contributed by atoms with Crippen molar-refractivity contribution in [1.29, 1.82) is 0 Å². The first-order chi connectivity index (χ1) is 9.99. The Labute approximate surface area is 119 Å². The van der Waals surface area contributed by atoms with E-state index in [1.54, 1.807) is 37.3 Å². The van der Waals surface area contributed by atoms with E-state index in [4.69, 9.17) is 4.74 Å². The summed E-state index contributed by atoms with van der Waals surface area (Å²) in [5.74, 6) is -0.382. The lowest BCUT2D eigenvalue weighted by Gasteiger charge is -2.07. The van der Waals surface area contributed by atoms with Crippen LogP contribution in [0.4, 0.5) is 0 Å². The van der Waals surface area contributed by atoms with E-state index in [2.05, 4.69) is 5.10 Å². The molecule has 1 aliphatic carbocycles. The summed E-state index contributed by atoms with van der Waals surface area (Å²) in [6, 6.07) is 8.26. The van der Waals surface area contributed by atoms with Crippen LogP contribution >= 0.6 is 0 Å². The largest absolute Gasteiger partial charge is 0.469 e. The van der Waals surface area contributed by atoms with Crippen molar-refractivity contribution in [2.75, 3.05) is 7.11 Å². The summed E-state index contributed by atoms with van der Waals surface area (Å²) in [6.07, 6.45) is 0.467. The van der Waals surface area contributed by atoms with Crippen LogP contribution in [0, 0.1) is 5.41 Å². The number of carbonyl (C=O) groups is 1. The molecule has 2 aromatic rings. The fourth-order valence-electron chi connectivity index (χ4n) is 2.58. The number of nitrogens with zero attached hydrogens (tertiary/aromatic N) is 2. The molecule has 1 aromatic heterocycles. The van der Waals surface area contributed by atoms with Crippen LogP contribution in [0.15, 0.2) is 39.9 Å². The number of hydrogen-bond donors (Lipinski definition) is 1. The van der Waals surface area contributed by atoms with Gasteiger partial charge in [-0.2, -0.15) is 0 Å². The number of ether oxygens (including phenoxy) is 1. The Morgan fingerprint density at radius 1 is 1.33 bits per heavy atom. The van der Waals surface area contributed by atoms with Crippen molar-refractivity contribution in [2.45, 2.75) is 19.4 Å². The maximum atomic E-state index is 12.4. The van der Waals surface area contributed by atoms with Gasteiger partial charge in [-0.05, 0) is 25.5 Å². The molecule has 0 spiro atoms. The molecule has 1 heterocycles. The average molecular weight is 289 g/mol. The molecule has 21 heavy (non-hydrogen) atoms. The van der Waals surface area contributed by atoms with E-state index in [9.17, 15) is 14.4 Å². The monoisotopic (exact) mass is 289 g/mol. The fourth-order valence-corrected chi connectivity index (χ4v) is 2.58. The highest BCUT2D eigenvalue weighted by atomic mass is 16.5. The Balaban J connectivity index is 2.04. The summed E-state index contributed by atoms with van der Waals surface area (Å²) in [5, 5.41) is 2.51. The van der Waals surface area contributed by atoms with Crippen LogP contribution in [0.3, 0.4) is 0 Å². The topological polar surface area (TPSA) is 86.1 Å². The van der Waals surface area contributed by atoms with Gasteiger partial charge >= 0.3 is 17.3 Å². The highest BCUT2D eigenvalue weighted by Crippen LogP contribution is 2.55. The molecule has 0 amide bonds. The molecule has 1 fully saturated rings. The first-order valence-corrected chi connectivity index (χ1v) is 6.56. The second-order valence-electron chi connectivity index (χ2n) is 5.37. The van der Waals surface area contributed by atoms with E-state index in [-0.39, 0.29) is 12.0 Å². The van der Waals surface area contributed by atoms with Crippen molar-refractivity contribution in [3.8, 4) is 5.69 Å². The zero-order valence-corrected chi connectivity index (χ0v) is 11.7. The normalized spacial score (nSPS) is 23.8. The Kier molecular flexibility index (Phi) is 2.86. The van der Waals surface area contributed by atoms with Crippen LogP contribution in [-0.4, -0.2) is 27.4 Å². The summed E-state index contributed by atoms with van der Waals surface area (Å²) in [4.78, 5) is 36.1. The van der Waals surface area contributed by atoms with Crippen molar-refractivity contribution in [3.63, 3.8) is 0 Å². The molecule has 1 aromatic carbocycles. The standard InChI is InChI=1S/C14H15N3O4/c1-14(11(18)21-2)8-10(14)17-13(20)16(12(19)15-17)9-6-4-3-5-7-9/h3-7,10H,8H2,1-2H3,(H,15,19). The minimum Gasteiger partial charge on any atom is -0.469 e. The van der Waals surface area contributed by atoms with Crippen molar-refractivity contribution in [3.05, 3.63) is 51.3 Å². The van der Waals surface area contributed by atoms with Crippen molar-refractivity contribution in [2.24, 2.45) is 5.41 Å².